The smallest absolute Gasteiger partial charge is 0.255 e. The molecule has 9 heteroatoms. The molecule has 0 spiro atoms. The summed E-state index contributed by atoms with van der Waals surface area (Å²) in [6.07, 6.45) is 0. The normalized spacial score (nSPS) is 15.2. The second-order valence-electron chi connectivity index (χ2n) is 7.31. The quantitative estimate of drug-likeness (QED) is 0.604. The van der Waals surface area contributed by atoms with Crippen molar-refractivity contribution >= 4 is 21.6 Å². The van der Waals surface area contributed by atoms with Crippen molar-refractivity contribution in [3.63, 3.8) is 0 Å². The van der Waals surface area contributed by atoms with Crippen LogP contribution in [0.5, 0.6) is 5.75 Å². The van der Waals surface area contributed by atoms with E-state index in [4.69, 9.17) is 4.74 Å². The van der Waals surface area contributed by atoms with Crippen LogP contribution in [0.15, 0.2) is 47.4 Å². The number of nitrogens with one attached hydrogen (secondary N) is 1. The Kier molecular flexibility index (Phi) is 7.66. The predicted molar refractivity (Wildman–Crippen MR) is 119 cm³/mol. The highest BCUT2D eigenvalue weighted by molar-refractivity contribution is 7.89. The average Bonchev–Trinajstić information content (AvgIpc) is 2.76. The molecule has 0 aromatic heterocycles. The lowest BCUT2D eigenvalue weighted by Crippen LogP contribution is -2.35. The third-order valence-electron chi connectivity index (χ3n) is 5.26. The highest BCUT2D eigenvalue weighted by Gasteiger charge is 2.23. The lowest BCUT2D eigenvalue weighted by atomic mass is 10.1. The first-order chi connectivity index (χ1) is 14.8. The molecule has 1 amide bonds. The number of morpholine rings is 1. The maximum atomic E-state index is 12.8. The zero-order valence-corrected chi connectivity index (χ0v) is 18.7. The number of aromatic hydroxyl groups is 1. The van der Waals surface area contributed by atoms with E-state index in [1.807, 2.05) is 12.1 Å². The number of sulfonamides is 1. The summed E-state index contributed by atoms with van der Waals surface area (Å²) in [4.78, 5) is 15.1. The van der Waals surface area contributed by atoms with Gasteiger partial charge in [-0.2, -0.15) is 4.31 Å². The van der Waals surface area contributed by atoms with Crippen LogP contribution in [0.25, 0.3) is 0 Å². The number of hydrogen-bond acceptors (Lipinski definition) is 6. The van der Waals surface area contributed by atoms with Crippen molar-refractivity contribution in [3.05, 3.63) is 53.6 Å². The van der Waals surface area contributed by atoms with E-state index in [0.717, 1.165) is 18.7 Å². The summed E-state index contributed by atoms with van der Waals surface area (Å²) in [7, 11) is -3.71. The van der Waals surface area contributed by atoms with Gasteiger partial charge < -0.3 is 15.2 Å². The summed E-state index contributed by atoms with van der Waals surface area (Å²) in [5.74, 6) is -0.618. The van der Waals surface area contributed by atoms with Gasteiger partial charge in [0.1, 0.15) is 5.75 Å². The van der Waals surface area contributed by atoms with Gasteiger partial charge in [0.25, 0.3) is 5.91 Å². The van der Waals surface area contributed by atoms with Crippen LogP contribution in [0.4, 0.5) is 5.69 Å². The monoisotopic (exact) mass is 447 g/mol. The summed E-state index contributed by atoms with van der Waals surface area (Å²) in [6, 6.07) is 11.2. The van der Waals surface area contributed by atoms with Crippen LogP contribution in [0, 0.1) is 0 Å². The van der Waals surface area contributed by atoms with Gasteiger partial charge in [-0.15, -0.1) is 0 Å². The first-order valence-corrected chi connectivity index (χ1v) is 11.8. The first-order valence-electron chi connectivity index (χ1n) is 10.4. The van der Waals surface area contributed by atoms with Crippen molar-refractivity contribution < 1.29 is 23.1 Å². The molecule has 1 aliphatic heterocycles. The number of phenolic OH excluding ortho intramolecular Hbond substituents is 1. The lowest BCUT2D eigenvalue weighted by Gasteiger charge is -2.26. The van der Waals surface area contributed by atoms with Crippen LogP contribution >= 0.6 is 0 Å². The minimum absolute atomic E-state index is 0.0189. The molecule has 0 radical (unpaired) electrons. The molecule has 0 atom stereocenters. The zero-order valence-electron chi connectivity index (χ0n) is 17.9. The Hall–Kier alpha value is -2.46. The average molecular weight is 448 g/mol. The SMILES string of the molecule is CCN(CC)S(=O)(=O)c1ccc(O)c(NC(=O)c2cccc(CN3CCOCC3)c2)c1. The van der Waals surface area contributed by atoms with Gasteiger partial charge in [-0.05, 0) is 35.9 Å². The molecular formula is C22H29N3O5S. The van der Waals surface area contributed by atoms with E-state index in [9.17, 15) is 18.3 Å². The van der Waals surface area contributed by atoms with Crippen molar-refractivity contribution in [1.29, 1.82) is 0 Å². The van der Waals surface area contributed by atoms with Crippen LogP contribution in [0.3, 0.4) is 0 Å². The molecular weight excluding hydrogens is 418 g/mol. The second kappa shape index (κ2) is 10.2. The summed E-state index contributed by atoms with van der Waals surface area (Å²) in [5.41, 5.74) is 1.48. The molecule has 0 unspecified atom stereocenters. The molecule has 168 valence electrons. The van der Waals surface area contributed by atoms with Gasteiger partial charge in [-0.3, -0.25) is 9.69 Å². The fourth-order valence-electron chi connectivity index (χ4n) is 3.51. The Balaban J connectivity index is 1.78. The fraction of sp³-hybridized carbons (Fsp3) is 0.409. The Morgan fingerprint density at radius 2 is 1.84 bits per heavy atom. The number of hydrogen-bond donors (Lipinski definition) is 2. The molecule has 3 rings (SSSR count). The van der Waals surface area contributed by atoms with Crippen LogP contribution in [0.2, 0.25) is 0 Å². The Morgan fingerprint density at radius 3 is 2.52 bits per heavy atom. The Morgan fingerprint density at radius 1 is 1.13 bits per heavy atom. The molecule has 1 fully saturated rings. The maximum absolute atomic E-state index is 12.8. The fourth-order valence-corrected chi connectivity index (χ4v) is 5.00. The van der Waals surface area contributed by atoms with Gasteiger partial charge in [-0.25, -0.2) is 8.42 Å². The number of amides is 1. The van der Waals surface area contributed by atoms with Crippen molar-refractivity contribution in [1.82, 2.24) is 9.21 Å². The van der Waals surface area contributed by atoms with E-state index in [2.05, 4.69) is 10.2 Å². The topological polar surface area (TPSA) is 99.2 Å². The van der Waals surface area contributed by atoms with Crippen LogP contribution in [-0.4, -0.2) is 68.0 Å². The number of benzene rings is 2. The minimum atomic E-state index is -3.71. The van der Waals surface area contributed by atoms with Crippen molar-refractivity contribution in [2.75, 3.05) is 44.7 Å². The largest absolute Gasteiger partial charge is 0.506 e. The molecule has 2 aromatic rings. The summed E-state index contributed by atoms with van der Waals surface area (Å²) < 4.78 is 32.2. The number of phenols is 1. The van der Waals surface area contributed by atoms with E-state index < -0.39 is 15.9 Å². The van der Waals surface area contributed by atoms with E-state index in [-0.39, 0.29) is 16.3 Å². The molecule has 31 heavy (non-hydrogen) atoms. The number of anilines is 1. The summed E-state index contributed by atoms with van der Waals surface area (Å²) in [6.45, 7) is 7.98. The van der Waals surface area contributed by atoms with E-state index in [1.54, 1.807) is 26.0 Å². The highest BCUT2D eigenvalue weighted by atomic mass is 32.2. The number of carbonyl (C=O) groups excluding carboxylic acids is 1. The van der Waals surface area contributed by atoms with Crippen LogP contribution in [-0.2, 0) is 21.3 Å². The van der Waals surface area contributed by atoms with Crippen molar-refractivity contribution in [3.8, 4) is 5.75 Å². The molecule has 1 heterocycles. The highest BCUT2D eigenvalue weighted by Crippen LogP contribution is 2.28. The van der Waals surface area contributed by atoms with Crippen molar-refractivity contribution in [2.45, 2.75) is 25.3 Å². The Labute approximate surface area is 183 Å². The molecule has 0 saturated carbocycles. The van der Waals surface area contributed by atoms with E-state index in [1.165, 1.54) is 22.5 Å². The van der Waals surface area contributed by atoms with Gasteiger partial charge in [0.05, 0.1) is 23.8 Å². The molecule has 0 aliphatic carbocycles. The summed E-state index contributed by atoms with van der Waals surface area (Å²) >= 11 is 0. The molecule has 1 saturated heterocycles. The van der Waals surface area contributed by atoms with Crippen LogP contribution < -0.4 is 5.32 Å². The Bertz CT molecular complexity index is 1020. The zero-order chi connectivity index (χ0) is 22.4. The number of ether oxygens (including phenoxy) is 1. The molecule has 1 aliphatic rings. The van der Waals surface area contributed by atoms with Gasteiger partial charge in [0, 0.05) is 38.3 Å². The maximum Gasteiger partial charge on any atom is 0.255 e. The number of rotatable bonds is 8. The van der Waals surface area contributed by atoms with E-state index in [0.29, 0.717) is 38.4 Å². The van der Waals surface area contributed by atoms with E-state index >= 15 is 0 Å². The van der Waals surface area contributed by atoms with Crippen molar-refractivity contribution in [2.24, 2.45) is 0 Å². The predicted octanol–water partition coefficient (Wildman–Crippen LogP) is 2.51. The number of nitrogens with zero attached hydrogens (tertiary/aromatic N) is 2. The van der Waals surface area contributed by atoms with Gasteiger partial charge in [0.2, 0.25) is 10.0 Å². The van der Waals surface area contributed by atoms with Gasteiger partial charge >= 0.3 is 0 Å². The van der Waals surface area contributed by atoms with Gasteiger partial charge in [-0.1, -0.05) is 26.0 Å². The molecule has 2 N–H and O–H groups in total. The molecule has 0 bridgehead atoms. The molecule has 2 aromatic carbocycles. The van der Waals surface area contributed by atoms with Gasteiger partial charge in [0.15, 0.2) is 0 Å². The molecule has 8 nitrogen and oxygen atoms in total. The lowest BCUT2D eigenvalue weighted by molar-refractivity contribution is 0.0342. The second-order valence-corrected chi connectivity index (χ2v) is 9.25. The summed E-state index contributed by atoms with van der Waals surface area (Å²) in [5, 5.41) is 12.8. The standard InChI is InChI=1S/C22H29N3O5S/c1-3-25(4-2)31(28,29)19-8-9-21(26)20(15-19)23-22(27)18-7-5-6-17(14-18)16-24-10-12-30-13-11-24/h5-9,14-15,26H,3-4,10-13,16H2,1-2H3,(H,23,27). The number of carbonyl (C=O) groups is 1. The minimum Gasteiger partial charge on any atom is -0.506 e. The third kappa shape index (κ3) is 5.62. The first kappa shape index (κ1) is 23.2. The third-order valence-corrected chi connectivity index (χ3v) is 7.30. The van der Waals surface area contributed by atoms with Crippen LogP contribution in [0.1, 0.15) is 29.8 Å².